The van der Waals surface area contributed by atoms with Crippen molar-refractivity contribution in [1.29, 1.82) is 0 Å². The first-order chi connectivity index (χ1) is 8.74. The number of hydrogen-bond acceptors (Lipinski definition) is 5. The third kappa shape index (κ3) is 1.78. The lowest BCUT2D eigenvalue weighted by Gasteiger charge is -2.49. The van der Waals surface area contributed by atoms with E-state index in [1.54, 1.807) is 12.4 Å². The van der Waals surface area contributed by atoms with Crippen molar-refractivity contribution in [2.45, 2.75) is 25.4 Å². The van der Waals surface area contributed by atoms with Crippen molar-refractivity contribution in [2.75, 3.05) is 26.2 Å². The minimum atomic E-state index is -0.894. The van der Waals surface area contributed by atoms with Gasteiger partial charge in [0.25, 0.3) is 0 Å². The molecule has 0 spiro atoms. The summed E-state index contributed by atoms with van der Waals surface area (Å²) in [6.45, 7) is 5.26. The van der Waals surface area contributed by atoms with Gasteiger partial charge in [-0.25, -0.2) is 4.98 Å². The van der Waals surface area contributed by atoms with Gasteiger partial charge < -0.3 is 14.7 Å². The van der Waals surface area contributed by atoms with Gasteiger partial charge in [0.1, 0.15) is 11.3 Å². The van der Waals surface area contributed by atoms with E-state index in [0.29, 0.717) is 24.7 Å². The zero-order chi connectivity index (χ0) is 12.6. The van der Waals surface area contributed by atoms with Crippen LogP contribution in [-0.2, 0) is 5.60 Å². The van der Waals surface area contributed by atoms with Crippen LogP contribution in [0.4, 0.5) is 0 Å². The second kappa shape index (κ2) is 4.48. The number of nitrogens with zero attached hydrogens (tertiary/aromatic N) is 3. The largest absolute Gasteiger partial charge is 0.477 e. The molecule has 1 aromatic rings. The van der Waals surface area contributed by atoms with Crippen molar-refractivity contribution >= 4 is 0 Å². The minimum absolute atomic E-state index is 0.276. The highest BCUT2D eigenvalue weighted by Crippen LogP contribution is 2.43. The summed E-state index contributed by atoms with van der Waals surface area (Å²) in [5, 5.41) is 11.0. The highest BCUT2D eigenvalue weighted by Gasteiger charge is 2.49. The predicted octanol–water partition coefficient (Wildman–Crippen LogP) is 0.788. The average Bonchev–Trinajstić information content (AvgIpc) is 2.41. The molecular weight excluding hydrogens is 230 g/mol. The number of ether oxygens (including phenoxy) is 1. The lowest BCUT2D eigenvalue weighted by atomic mass is 9.73. The number of piperidine rings is 3. The summed E-state index contributed by atoms with van der Waals surface area (Å²) in [5.74, 6) is 0.759. The molecule has 1 atom stereocenters. The molecular formula is C13H19N3O2. The number of fused-ring (bicyclic) bond motifs is 3. The van der Waals surface area contributed by atoms with E-state index in [1.165, 1.54) is 0 Å². The maximum atomic E-state index is 11.0. The van der Waals surface area contributed by atoms with Crippen LogP contribution in [0.5, 0.6) is 5.88 Å². The third-order valence-electron chi connectivity index (χ3n) is 4.08. The first-order valence-corrected chi connectivity index (χ1v) is 6.63. The summed E-state index contributed by atoms with van der Waals surface area (Å²) in [7, 11) is 0. The van der Waals surface area contributed by atoms with E-state index in [-0.39, 0.29) is 5.92 Å². The smallest absolute Gasteiger partial charge is 0.238 e. The molecule has 4 rings (SSSR count). The Hall–Kier alpha value is -1.20. The highest BCUT2D eigenvalue weighted by atomic mass is 16.5. The van der Waals surface area contributed by atoms with Crippen LogP contribution in [0, 0.1) is 5.92 Å². The second-order valence-corrected chi connectivity index (χ2v) is 5.12. The van der Waals surface area contributed by atoms with Crippen LogP contribution in [0.3, 0.4) is 0 Å². The summed E-state index contributed by atoms with van der Waals surface area (Å²) in [6, 6.07) is 0. The number of rotatable bonds is 3. The van der Waals surface area contributed by atoms with Gasteiger partial charge in [0.05, 0.1) is 6.61 Å². The molecule has 0 aromatic carbocycles. The third-order valence-corrected chi connectivity index (χ3v) is 4.08. The van der Waals surface area contributed by atoms with Crippen molar-refractivity contribution in [3.05, 3.63) is 18.1 Å². The molecule has 5 heteroatoms. The molecule has 3 aliphatic rings. The van der Waals surface area contributed by atoms with E-state index >= 15 is 0 Å². The van der Waals surface area contributed by atoms with Crippen LogP contribution < -0.4 is 4.74 Å². The Bertz CT molecular complexity index is 432. The fourth-order valence-electron chi connectivity index (χ4n) is 3.17. The summed E-state index contributed by atoms with van der Waals surface area (Å²) < 4.78 is 5.51. The summed E-state index contributed by atoms with van der Waals surface area (Å²) in [6.07, 6.45) is 5.30. The molecule has 0 radical (unpaired) electrons. The second-order valence-electron chi connectivity index (χ2n) is 5.12. The van der Waals surface area contributed by atoms with E-state index in [9.17, 15) is 5.11 Å². The molecule has 2 bridgehead atoms. The molecule has 18 heavy (non-hydrogen) atoms. The van der Waals surface area contributed by atoms with Gasteiger partial charge in [0.2, 0.25) is 5.88 Å². The van der Waals surface area contributed by atoms with Crippen LogP contribution in [0.1, 0.15) is 25.5 Å². The van der Waals surface area contributed by atoms with Crippen LogP contribution in [0.2, 0.25) is 0 Å². The van der Waals surface area contributed by atoms with Crippen molar-refractivity contribution in [1.82, 2.24) is 14.9 Å². The Morgan fingerprint density at radius 2 is 2.11 bits per heavy atom. The molecule has 98 valence electrons. The lowest BCUT2D eigenvalue weighted by Crippen LogP contribution is -2.57. The molecule has 3 fully saturated rings. The minimum Gasteiger partial charge on any atom is -0.477 e. The SMILES string of the molecule is CCOc1nccnc1C1(O)CN2CCC1CC2. The standard InChI is InChI=1S/C13H19N3O2/c1-2-18-12-11(14-5-6-15-12)13(17)9-16-7-3-10(13)4-8-16/h5-6,10,17H,2-4,7-9H2,1H3. The Morgan fingerprint density at radius 1 is 1.39 bits per heavy atom. The average molecular weight is 249 g/mol. The van der Waals surface area contributed by atoms with Gasteiger partial charge in [-0.1, -0.05) is 0 Å². The van der Waals surface area contributed by atoms with Gasteiger partial charge >= 0.3 is 0 Å². The zero-order valence-corrected chi connectivity index (χ0v) is 10.7. The van der Waals surface area contributed by atoms with Crippen LogP contribution in [-0.4, -0.2) is 46.2 Å². The molecule has 3 saturated heterocycles. The monoisotopic (exact) mass is 249 g/mol. The highest BCUT2D eigenvalue weighted by molar-refractivity contribution is 5.27. The molecule has 0 aliphatic carbocycles. The number of aliphatic hydroxyl groups is 1. The topological polar surface area (TPSA) is 58.5 Å². The Kier molecular flexibility index (Phi) is 2.95. The van der Waals surface area contributed by atoms with E-state index < -0.39 is 5.60 Å². The van der Waals surface area contributed by atoms with E-state index in [4.69, 9.17) is 4.74 Å². The normalized spacial score (nSPS) is 34.6. The van der Waals surface area contributed by atoms with Crippen molar-refractivity contribution in [3.8, 4) is 5.88 Å². The lowest BCUT2D eigenvalue weighted by molar-refractivity contribution is -0.121. The number of aromatic nitrogens is 2. The van der Waals surface area contributed by atoms with Crippen molar-refractivity contribution in [3.63, 3.8) is 0 Å². The van der Waals surface area contributed by atoms with Gasteiger partial charge in [0.15, 0.2) is 0 Å². The quantitative estimate of drug-likeness (QED) is 0.858. The molecule has 1 N–H and O–H groups in total. The van der Waals surface area contributed by atoms with Crippen LogP contribution >= 0.6 is 0 Å². The first kappa shape index (κ1) is 11.9. The Labute approximate surface area is 107 Å². The van der Waals surface area contributed by atoms with E-state index in [0.717, 1.165) is 25.9 Å². The molecule has 1 unspecified atom stereocenters. The molecule has 5 nitrogen and oxygen atoms in total. The maximum absolute atomic E-state index is 11.0. The van der Waals surface area contributed by atoms with Gasteiger partial charge in [-0.2, -0.15) is 0 Å². The maximum Gasteiger partial charge on any atom is 0.238 e. The zero-order valence-electron chi connectivity index (χ0n) is 10.7. The van der Waals surface area contributed by atoms with Gasteiger partial charge in [-0.15, -0.1) is 0 Å². The summed E-state index contributed by atoms with van der Waals surface area (Å²) in [4.78, 5) is 10.9. The first-order valence-electron chi connectivity index (χ1n) is 6.63. The van der Waals surface area contributed by atoms with Crippen molar-refractivity contribution in [2.24, 2.45) is 5.92 Å². The number of hydrogen-bond donors (Lipinski definition) is 1. The Balaban J connectivity index is 1.98. The van der Waals surface area contributed by atoms with Crippen LogP contribution in [0.15, 0.2) is 12.4 Å². The Morgan fingerprint density at radius 3 is 2.72 bits per heavy atom. The summed E-state index contributed by atoms with van der Waals surface area (Å²) in [5.41, 5.74) is -0.281. The summed E-state index contributed by atoms with van der Waals surface area (Å²) >= 11 is 0. The van der Waals surface area contributed by atoms with Gasteiger partial charge in [-0.3, -0.25) is 4.98 Å². The van der Waals surface area contributed by atoms with Gasteiger partial charge in [0, 0.05) is 18.9 Å². The fraction of sp³-hybridized carbons (Fsp3) is 0.692. The molecule has 0 amide bonds. The van der Waals surface area contributed by atoms with E-state index in [1.807, 2.05) is 6.92 Å². The van der Waals surface area contributed by atoms with E-state index in [2.05, 4.69) is 14.9 Å². The van der Waals surface area contributed by atoms with Crippen molar-refractivity contribution < 1.29 is 9.84 Å². The molecule has 4 heterocycles. The van der Waals surface area contributed by atoms with Crippen LogP contribution in [0.25, 0.3) is 0 Å². The molecule has 3 aliphatic heterocycles. The predicted molar refractivity (Wildman–Crippen MR) is 66.3 cm³/mol. The van der Waals surface area contributed by atoms with Gasteiger partial charge in [-0.05, 0) is 38.8 Å². The molecule has 0 saturated carbocycles. The molecule has 1 aromatic heterocycles. The fourth-order valence-corrected chi connectivity index (χ4v) is 3.17.